The van der Waals surface area contributed by atoms with Crippen molar-refractivity contribution in [1.82, 2.24) is 0 Å². The number of nitrogens with one attached hydrogen (secondary N) is 1. The Morgan fingerprint density at radius 1 is 0.944 bits per heavy atom. The molecule has 1 heterocycles. The van der Waals surface area contributed by atoms with Crippen LogP contribution in [0.2, 0.25) is 0 Å². The Morgan fingerprint density at radius 2 is 1.61 bits per heavy atom. The lowest BCUT2D eigenvalue weighted by Crippen LogP contribution is -2.20. The van der Waals surface area contributed by atoms with E-state index in [1.54, 1.807) is 48.5 Å². The number of benzene rings is 3. The minimum atomic E-state index is -0.625. The summed E-state index contributed by atoms with van der Waals surface area (Å²) in [7, 11) is 0. The van der Waals surface area contributed by atoms with Gasteiger partial charge in [-0.2, -0.15) is 0 Å². The Morgan fingerprint density at radius 3 is 2.31 bits per heavy atom. The van der Waals surface area contributed by atoms with Crippen LogP contribution in [0.4, 0.5) is 5.69 Å². The van der Waals surface area contributed by atoms with Crippen LogP contribution < -0.4 is 19.5 Å². The maximum absolute atomic E-state index is 12.2. The molecule has 36 heavy (non-hydrogen) atoms. The number of hydrogen-bond donors (Lipinski definition) is 1. The summed E-state index contributed by atoms with van der Waals surface area (Å²) in [4.78, 5) is 24.1. The molecule has 0 saturated heterocycles. The van der Waals surface area contributed by atoms with E-state index in [9.17, 15) is 9.59 Å². The predicted octanol–water partition coefficient (Wildman–Crippen LogP) is 6.09. The first-order valence-electron chi connectivity index (χ1n) is 11.8. The largest absolute Gasteiger partial charge is 0.457 e. The standard InChI is InChI=1S/C29H29NO6/c1-4-29(2,3)21-7-11-23(12-8-21)36-24-13-9-22(10-14-24)30-27(31)18-33-28(32)16-6-20-5-15-25-26(17-20)35-19-34-25/h5-17H,4,18-19H2,1-3H3,(H,30,31). The molecule has 3 aromatic carbocycles. The van der Waals surface area contributed by atoms with Crippen LogP contribution in [0.25, 0.3) is 6.08 Å². The van der Waals surface area contributed by atoms with E-state index in [1.165, 1.54) is 11.6 Å². The highest BCUT2D eigenvalue weighted by Gasteiger charge is 2.17. The molecule has 0 unspecified atom stereocenters. The van der Waals surface area contributed by atoms with Gasteiger partial charge in [-0.3, -0.25) is 4.79 Å². The van der Waals surface area contributed by atoms with Gasteiger partial charge in [0, 0.05) is 11.8 Å². The molecule has 1 aliphatic heterocycles. The summed E-state index contributed by atoms with van der Waals surface area (Å²) >= 11 is 0. The smallest absolute Gasteiger partial charge is 0.331 e. The van der Waals surface area contributed by atoms with Crippen LogP contribution in [0.1, 0.15) is 38.3 Å². The monoisotopic (exact) mass is 487 g/mol. The second-order valence-corrected chi connectivity index (χ2v) is 8.99. The van der Waals surface area contributed by atoms with Crippen molar-refractivity contribution in [1.29, 1.82) is 0 Å². The molecule has 1 amide bonds. The van der Waals surface area contributed by atoms with Crippen molar-refractivity contribution in [2.24, 2.45) is 0 Å². The summed E-state index contributed by atoms with van der Waals surface area (Å²) in [6.45, 7) is 6.39. The normalized spacial score (nSPS) is 12.4. The van der Waals surface area contributed by atoms with Gasteiger partial charge in [-0.15, -0.1) is 0 Å². The zero-order valence-electron chi connectivity index (χ0n) is 20.6. The number of anilines is 1. The van der Waals surface area contributed by atoms with Gasteiger partial charge in [-0.25, -0.2) is 4.79 Å². The van der Waals surface area contributed by atoms with Gasteiger partial charge in [-0.05, 0) is 77.6 Å². The van der Waals surface area contributed by atoms with Gasteiger partial charge in [0.15, 0.2) is 18.1 Å². The fraction of sp³-hybridized carbons (Fsp3) is 0.241. The molecule has 0 atom stereocenters. The van der Waals surface area contributed by atoms with Crippen LogP contribution in [-0.4, -0.2) is 25.3 Å². The van der Waals surface area contributed by atoms with E-state index < -0.39 is 18.5 Å². The number of ether oxygens (including phenoxy) is 4. The molecule has 1 N–H and O–H groups in total. The number of carbonyl (C=O) groups is 2. The third kappa shape index (κ3) is 6.44. The molecule has 0 saturated carbocycles. The summed E-state index contributed by atoms with van der Waals surface area (Å²) in [5, 5.41) is 2.69. The topological polar surface area (TPSA) is 83.1 Å². The number of amides is 1. The Labute approximate surface area is 210 Å². The van der Waals surface area contributed by atoms with Crippen LogP contribution in [0.15, 0.2) is 72.8 Å². The van der Waals surface area contributed by atoms with Gasteiger partial charge in [0.1, 0.15) is 11.5 Å². The Bertz CT molecular complexity index is 1250. The van der Waals surface area contributed by atoms with E-state index in [4.69, 9.17) is 18.9 Å². The third-order valence-electron chi connectivity index (χ3n) is 6.05. The quantitative estimate of drug-likeness (QED) is 0.290. The molecule has 7 heteroatoms. The van der Waals surface area contributed by atoms with E-state index >= 15 is 0 Å². The molecule has 7 nitrogen and oxygen atoms in total. The van der Waals surface area contributed by atoms with E-state index in [0.29, 0.717) is 22.9 Å². The second kappa shape index (κ2) is 11.0. The van der Waals surface area contributed by atoms with Crippen molar-refractivity contribution in [3.05, 3.63) is 83.9 Å². The maximum Gasteiger partial charge on any atom is 0.331 e. The van der Waals surface area contributed by atoms with Gasteiger partial charge < -0.3 is 24.3 Å². The first-order valence-corrected chi connectivity index (χ1v) is 11.8. The van der Waals surface area contributed by atoms with Crippen molar-refractivity contribution in [3.8, 4) is 23.0 Å². The summed E-state index contributed by atoms with van der Waals surface area (Å²) in [6, 6.07) is 20.4. The molecular formula is C29H29NO6. The van der Waals surface area contributed by atoms with Gasteiger partial charge in [0.2, 0.25) is 6.79 Å². The third-order valence-corrected chi connectivity index (χ3v) is 6.05. The second-order valence-electron chi connectivity index (χ2n) is 8.99. The van der Waals surface area contributed by atoms with Crippen LogP contribution in [0.3, 0.4) is 0 Å². The van der Waals surface area contributed by atoms with Crippen molar-refractivity contribution in [2.45, 2.75) is 32.6 Å². The highest BCUT2D eigenvalue weighted by atomic mass is 16.7. The molecule has 4 rings (SSSR count). The number of rotatable bonds is 9. The lowest BCUT2D eigenvalue weighted by Gasteiger charge is -2.23. The molecule has 0 bridgehead atoms. The zero-order chi connectivity index (χ0) is 25.5. The van der Waals surface area contributed by atoms with Crippen molar-refractivity contribution in [3.63, 3.8) is 0 Å². The van der Waals surface area contributed by atoms with Crippen LogP contribution in [0, 0.1) is 0 Å². The van der Waals surface area contributed by atoms with E-state index in [-0.39, 0.29) is 12.2 Å². The molecule has 1 aliphatic rings. The van der Waals surface area contributed by atoms with E-state index in [1.807, 2.05) is 12.1 Å². The molecule has 0 aliphatic carbocycles. The maximum atomic E-state index is 12.2. The van der Waals surface area contributed by atoms with Crippen LogP contribution in [0.5, 0.6) is 23.0 Å². The predicted molar refractivity (Wildman–Crippen MR) is 137 cm³/mol. The Hall–Kier alpha value is -4.26. The fourth-order valence-corrected chi connectivity index (χ4v) is 3.48. The Balaban J connectivity index is 1.23. The van der Waals surface area contributed by atoms with E-state index in [0.717, 1.165) is 17.7 Å². The number of esters is 1. The van der Waals surface area contributed by atoms with Crippen LogP contribution in [-0.2, 0) is 19.7 Å². The average Bonchev–Trinajstić information content (AvgIpc) is 3.36. The minimum absolute atomic E-state index is 0.121. The molecule has 0 spiro atoms. The van der Waals surface area contributed by atoms with E-state index in [2.05, 4.69) is 38.2 Å². The van der Waals surface area contributed by atoms with Crippen LogP contribution >= 0.6 is 0 Å². The summed E-state index contributed by atoms with van der Waals surface area (Å²) in [6.07, 6.45) is 3.89. The zero-order valence-corrected chi connectivity index (χ0v) is 20.6. The molecule has 0 aromatic heterocycles. The van der Waals surface area contributed by atoms with Crippen molar-refractivity contribution in [2.75, 3.05) is 18.7 Å². The molecule has 3 aromatic rings. The minimum Gasteiger partial charge on any atom is -0.457 e. The summed E-state index contributed by atoms with van der Waals surface area (Å²) < 4.78 is 21.5. The van der Waals surface area contributed by atoms with Gasteiger partial charge >= 0.3 is 5.97 Å². The van der Waals surface area contributed by atoms with Gasteiger partial charge in [0.05, 0.1) is 0 Å². The molecule has 186 valence electrons. The Kier molecular flexibility index (Phi) is 7.59. The van der Waals surface area contributed by atoms with Gasteiger partial charge in [0.25, 0.3) is 5.91 Å². The first kappa shape index (κ1) is 24.9. The fourth-order valence-electron chi connectivity index (χ4n) is 3.48. The number of hydrogen-bond acceptors (Lipinski definition) is 6. The summed E-state index contributed by atoms with van der Waals surface area (Å²) in [5.41, 5.74) is 2.71. The number of fused-ring (bicyclic) bond motifs is 1. The highest BCUT2D eigenvalue weighted by Crippen LogP contribution is 2.33. The molecule has 0 fully saturated rings. The SMILES string of the molecule is CCC(C)(C)c1ccc(Oc2ccc(NC(=O)COC(=O)C=Cc3ccc4c(c3)OCO4)cc2)cc1. The summed E-state index contributed by atoms with van der Waals surface area (Å²) in [5.74, 6) is 1.60. The molecule has 0 radical (unpaired) electrons. The lowest BCUT2D eigenvalue weighted by molar-refractivity contribution is -0.142. The number of carbonyl (C=O) groups excluding carboxylic acids is 2. The van der Waals surface area contributed by atoms with Gasteiger partial charge in [-0.1, -0.05) is 39.0 Å². The average molecular weight is 488 g/mol. The first-order chi connectivity index (χ1) is 17.3. The molecular weight excluding hydrogens is 458 g/mol. The van der Waals surface area contributed by atoms with Crippen molar-refractivity contribution < 1.29 is 28.5 Å². The lowest BCUT2D eigenvalue weighted by atomic mass is 9.82. The van der Waals surface area contributed by atoms with Crippen molar-refractivity contribution >= 4 is 23.6 Å². The highest BCUT2D eigenvalue weighted by molar-refractivity contribution is 5.94.